The molecular weight excluding hydrogens is 657 g/mol. The molecule has 0 fully saturated rings. The molecule has 6 aromatic rings. The predicted molar refractivity (Wildman–Crippen MR) is 181 cm³/mol. The molecule has 0 bridgehead atoms. The van der Waals surface area contributed by atoms with E-state index in [0.29, 0.717) is 32.9 Å². The SMILES string of the molecule is O=S(=O)(O)c1cc(N=Nc2ccc(O)c3ccccc23)ccc1C=Cc1ccc(N=Nc2ccc(O)c3ccccc23)cc1S(=O)(=O)O. The van der Waals surface area contributed by atoms with Crippen LogP contribution in [0.5, 0.6) is 11.5 Å². The molecule has 6 rings (SSSR count). The third-order valence-corrected chi connectivity index (χ3v) is 9.11. The number of aromatic hydroxyl groups is 2. The van der Waals surface area contributed by atoms with E-state index < -0.39 is 30.0 Å². The number of hydrogen-bond acceptors (Lipinski definition) is 10. The summed E-state index contributed by atoms with van der Waals surface area (Å²) in [6.45, 7) is 0. The van der Waals surface area contributed by atoms with Gasteiger partial charge >= 0.3 is 0 Å². The molecule has 0 aliphatic carbocycles. The third-order valence-electron chi connectivity index (χ3n) is 7.30. The van der Waals surface area contributed by atoms with E-state index >= 15 is 0 Å². The zero-order valence-electron chi connectivity index (χ0n) is 24.6. The van der Waals surface area contributed by atoms with Crippen molar-refractivity contribution in [3.05, 3.63) is 120 Å². The largest absolute Gasteiger partial charge is 0.507 e. The van der Waals surface area contributed by atoms with Crippen LogP contribution < -0.4 is 0 Å². The summed E-state index contributed by atoms with van der Waals surface area (Å²) in [5.41, 5.74) is 1.00. The van der Waals surface area contributed by atoms with Gasteiger partial charge < -0.3 is 10.2 Å². The van der Waals surface area contributed by atoms with Crippen LogP contribution in [0.3, 0.4) is 0 Å². The zero-order valence-corrected chi connectivity index (χ0v) is 26.2. The van der Waals surface area contributed by atoms with Crippen LogP contribution in [0.25, 0.3) is 33.7 Å². The highest BCUT2D eigenvalue weighted by Gasteiger charge is 2.18. The maximum Gasteiger partial charge on any atom is 0.295 e. The summed E-state index contributed by atoms with van der Waals surface area (Å²) < 4.78 is 69.2. The normalized spacial score (nSPS) is 12.6. The lowest BCUT2D eigenvalue weighted by atomic mass is 10.1. The van der Waals surface area contributed by atoms with Crippen molar-refractivity contribution in [3.63, 3.8) is 0 Å². The Kier molecular flexibility index (Phi) is 8.56. The number of fused-ring (bicyclic) bond motifs is 2. The average Bonchev–Trinajstić information content (AvgIpc) is 3.06. The first-order valence-corrected chi connectivity index (χ1v) is 16.9. The Labute approximate surface area is 274 Å². The van der Waals surface area contributed by atoms with Crippen molar-refractivity contribution >= 4 is 76.7 Å². The van der Waals surface area contributed by atoms with Crippen molar-refractivity contribution in [1.29, 1.82) is 0 Å². The molecule has 6 aromatic carbocycles. The van der Waals surface area contributed by atoms with E-state index in [9.17, 15) is 36.2 Å². The van der Waals surface area contributed by atoms with Crippen molar-refractivity contribution in [2.75, 3.05) is 0 Å². The molecular formula is C34H24N4O8S2. The summed E-state index contributed by atoms with van der Waals surface area (Å²) in [6.07, 6.45) is 2.51. The standard InChI is InChI=1S/C34H24N4O8S2/c39-31-17-15-29(25-5-1-3-7-27(25)31)37-35-23-13-11-21(33(19-23)47(41,42)43)9-10-22-12-14-24(20-34(22)48(44,45)46)36-38-30-16-18-32(40)28-8-4-2-6-26(28)30/h1-20,39-40H,(H,41,42,43)(H,44,45,46). The topological polar surface area (TPSA) is 199 Å². The minimum absolute atomic E-state index is 0.00390. The first-order valence-electron chi connectivity index (χ1n) is 14.0. The second-order valence-electron chi connectivity index (χ2n) is 10.4. The van der Waals surface area contributed by atoms with Gasteiger partial charge in [0.25, 0.3) is 20.2 Å². The Bertz CT molecular complexity index is 2370. The summed E-state index contributed by atoms with van der Waals surface area (Å²) >= 11 is 0. The lowest BCUT2D eigenvalue weighted by molar-refractivity contribution is 0.480. The van der Waals surface area contributed by atoms with Crippen LogP contribution in [-0.2, 0) is 20.2 Å². The van der Waals surface area contributed by atoms with Crippen LogP contribution in [-0.4, -0.2) is 36.2 Å². The average molecular weight is 681 g/mol. The summed E-state index contributed by atoms with van der Waals surface area (Å²) in [7, 11) is -9.56. The monoisotopic (exact) mass is 680 g/mol. The molecule has 0 spiro atoms. The second-order valence-corrected chi connectivity index (χ2v) is 13.2. The van der Waals surface area contributed by atoms with Gasteiger partial charge in [0.1, 0.15) is 21.3 Å². The van der Waals surface area contributed by atoms with Gasteiger partial charge in [0.05, 0.1) is 22.7 Å². The van der Waals surface area contributed by atoms with Crippen LogP contribution in [0.1, 0.15) is 11.1 Å². The number of benzene rings is 6. The summed E-state index contributed by atoms with van der Waals surface area (Å²) in [5, 5.41) is 39.2. The number of phenols is 2. The molecule has 12 nitrogen and oxygen atoms in total. The molecule has 0 aliphatic rings. The molecule has 0 saturated carbocycles. The summed E-state index contributed by atoms with van der Waals surface area (Å²) in [6, 6.07) is 27.8. The number of azo groups is 2. The maximum atomic E-state index is 12.3. The highest BCUT2D eigenvalue weighted by Crippen LogP contribution is 2.36. The number of hydrogen-bond donors (Lipinski definition) is 4. The maximum absolute atomic E-state index is 12.3. The quantitative estimate of drug-likeness (QED) is 0.0693. The van der Waals surface area contributed by atoms with Crippen LogP contribution in [0, 0.1) is 0 Å². The van der Waals surface area contributed by atoms with Gasteiger partial charge in [-0.2, -0.15) is 27.1 Å². The molecule has 14 heteroatoms. The Hall–Kier alpha value is -5.80. The smallest absolute Gasteiger partial charge is 0.295 e. The van der Waals surface area contributed by atoms with Crippen molar-refractivity contribution in [1.82, 2.24) is 0 Å². The Morgan fingerprint density at radius 2 is 0.833 bits per heavy atom. The van der Waals surface area contributed by atoms with E-state index in [0.717, 1.165) is 12.1 Å². The molecule has 0 saturated heterocycles. The summed E-state index contributed by atoms with van der Waals surface area (Å²) in [5.74, 6) is 0.127. The molecule has 4 N–H and O–H groups in total. The van der Waals surface area contributed by atoms with Crippen LogP contribution in [0.4, 0.5) is 22.7 Å². The van der Waals surface area contributed by atoms with E-state index in [1.54, 1.807) is 60.7 Å². The second kappa shape index (κ2) is 12.8. The van der Waals surface area contributed by atoms with Gasteiger partial charge in [-0.1, -0.05) is 72.8 Å². The lowest BCUT2D eigenvalue weighted by Crippen LogP contribution is -2.01. The van der Waals surface area contributed by atoms with Gasteiger partial charge in [-0.25, -0.2) is 0 Å². The Morgan fingerprint density at radius 1 is 0.458 bits per heavy atom. The predicted octanol–water partition coefficient (Wildman–Crippen LogP) is 8.90. The molecule has 48 heavy (non-hydrogen) atoms. The van der Waals surface area contributed by atoms with E-state index in [1.807, 2.05) is 0 Å². The highest BCUT2D eigenvalue weighted by atomic mass is 32.2. The first kappa shape index (κ1) is 32.2. The molecule has 0 aromatic heterocycles. The van der Waals surface area contributed by atoms with Gasteiger partial charge in [0.15, 0.2) is 0 Å². The fraction of sp³-hybridized carbons (Fsp3) is 0. The zero-order chi connectivity index (χ0) is 34.1. The van der Waals surface area contributed by atoms with Crippen molar-refractivity contribution < 1.29 is 36.2 Å². The van der Waals surface area contributed by atoms with Crippen molar-refractivity contribution in [3.8, 4) is 11.5 Å². The van der Waals surface area contributed by atoms with E-state index in [-0.39, 0.29) is 34.0 Å². The summed E-state index contributed by atoms with van der Waals surface area (Å²) in [4.78, 5) is -1.04. The van der Waals surface area contributed by atoms with Crippen molar-refractivity contribution in [2.24, 2.45) is 20.5 Å². The number of nitrogens with zero attached hydrogens (tertiary/aromatic N) is 4. The highest BCUT2D eigenvalue weighted by molar-refractivity contribution is 7.86. The molecule has 0 radical (unpaired) electrons. The molecule has 0 aliphatic heterocycles. The minimum atomic E-state index is -4.78. The number of rotatable bonds is 8. The number of phenolic OH excluding ortho intramolecular Hbond substituents is 2. The van der Waals surface area contributed by atoms with Crippen LogP contribution in [0.15, 0.2) is 139 Å². The fourth-order valence-corrected chi connectivity index (χ4v) is 6.41. The molecule has 240 valence electrons. The van der Waals surface area contributed by atoms with E-state index in [2.05, 4.69) is 20.5 Å². The third kappa shape index (κ3) is 6.82. The molecule has 0 amide bonds. The van der Waals surface area contributed by atoms with Crippen LogP contribution >= 0.6 is 0 Å². The van der Waals surface area contributed by atoms with Gasteiger partial charge in [-0.05, 0) is 59.7 Å². The molecule has 0 heterocycles. The fourth-order valence-electron chi connectivity index (χ4n) is 5.00. The van der Waals surface area contributed by atoms with Gasteiger partial charge in [0, 0.05) is 21.5 Å². The van der Waals surface area contributed by atoms with Crippen molar-refractivity contribution in [2.45, 2.75) is 9.79 Å². The van der Waals surface area contributed by atoms with E-state index in [4.69, 9.17) is 0 Å². The van der Waals surface area contributed by atoms with Gasteiger partial charge in [-0.3, -0.25) is 9.11 Å². The van der Waals surface area contributed by atoms with E-state index in [1.165, 1.54) is 48.6 Å². The Morgan fingerprint density at radius 3 is 1.21 bits per heavy atom. The first-order chi connectivity index (χ1) is 22.9. The lowest BCUT2D eigenvalue weighted by Gasteiger charge is -2.07. The minimum Gasteiger partial charge on any atom is -0.507 e. The molecule has 0 unspecified atom stereocenters. The van der Waals surface area contributed by atoms with Gasteiger partial charge in [0.2, 0.25) is 0 Å². The van der Waals surface area contributed by atoms with Gasteiger partial charge in [-0.15, -0.1) is 10.2 Å². The molecule has 0 atom stereocenters. The van der Waals surface area contributed by atoms with Crippen LogP contribution in [0.2, 0.25) is 0 Å². The Balaban J connectivity index is 1.32.